The Kier molecular flexibility index (Phi) is 5.29. The van der Waals surface area contributed by atoms with Crippen LogP contribution in [-0.4, -0.2) is 35.3 Å². The first-order chi connectivity index (χ1) is 15.7. The van der Waals surface area contributed by atoms with E-state index in [4.69, 9.17) is 0 Å². The molecule has 7 nitrogen and oxygen atoms in total. The molecule has 0 atom stereocenters. The van der Waals surface area contributed by atoms with Crippen molar-refractivity contribution in [1.29, 1.82) is 0 Å². The number of carbonyl (C=O) groups excluding carboxylic acids is 1. The third kappa shape index (κ3) is 4.18. The monoisotopic (exact) mass is 422 g/mol. The molecule has 0 saturated carbocycles. The molecular weight excluding hydrogens is 400 g/mol. The number of hydrogen-bond donors (Lipinski definition) is 0. The van der Waals surface area contributed by atoms with Crippen molar-refractivity contribution < 1.29 is 4.79 Å². The predicted octanol–water partition coefficient (Wildman–Crippen LogP) is 4.05. The van der Waals surface area contributed by atoms with Gasteiger partial charge in [-0.15, -0.1) is 0 Å². The normalized spacial score (nSPS) is 11.2. The Labute approximate surface area is 185 Å². The summed E-state index contributed by atoms with van der Waals surface area (Å²) in [6.07, 6.45) is 10.5. The number of fused-ring (bicyclic) bond motifs is 1. The average molecular weight is 422 g/mol. The minimum atomic E-state index is 0.165. The molecule has 0 spiro atoms. The van der Waals surface area contributed by atoms with Gasteiger partial charge in [-0.2, -0.15) is 10.2 Å². The second-order valence-electron chi connectivity index (χ2n) is 7.78. The summed E-state index contributed by atoms with van der Waals surface area (Å²) in [5.41, 5.74) is 5.64. The van der Waals surface area contributed by atoms with Gasteiger partial charge in [0.1, 0.15) is 5.78 Å². The second kappa shape index (κ2) is 8.55. The van der Waals surface area contributed by atoms with Crippen LogP contribution in [0.15, 0.2) is 79.5 Å². The molecule has 0 saturated heterocycles. The zero-order chi connectivity index (χ0) is 21.9. The molecule has 0 bridgehead atoms. The van der Waals surface area contributed by atoms with Crippen molar-refractivity contribution >= 4 is 16.7 Å². The number of ketones is 1. The SMILES string of the molecule is Cc1cc(-n2ncc3cc(CC(=O)CCc4cccc(-n5cccn5)c4)ncc32)ccn1. The van der Waals surface area contributed by atoms with E-state index in [1.54, 1.807) is 18.6 Å². The maximum atomic E-state index is 12.6. The Bertz CT molecular complexity index is 1390. The second-order valence-corrected chi connectivity index (χ2v) is 7.78. The van der Waals surface area contributed by atoms with E-state index in [1.165, 1.54) is 0 Å². The maximum absolute atomic E-state index is 12.6. The number of aromatic nitrogens is 6. The first kappa shape index (κ1) is 19.8. The van der Waals surface area contributed by atoms with Crippen molar-refractivity contribution in [3.8, 4) is 11.4 Å². The average Bonchev–Trinajstić information content (AvgIpc) is 3.48. The third-order valence-corrected chi connectivity index (χ3v) is 5.39. The van der Waals surface area contributed by atoms with E-state index in [1.807, 2.05) is 71.1 Å². The molecule has 0 aliphatic heterocycles. The fraction of sp³-hybridized carbons (Fsp3) is 0.160. The molecule has 0 fully saturated rings. The van der Waals surface area contributed by atoms with Gasteiger partial charge >= 0.3 is 0 Å². The van der Waals surface area contributed by atoms with Gasteiger partial charge in [-0.3, -0.25) is 14.8 Å². The fourth-order valence-electron chi connectivity index (χ4n) is 3.79. The lowest BCUT2D eigenvalue weighted by Crippen LogP contribution is -2.06. The highest BCUT2D eigenvalue weighted by atomic mass is 16.1. The van der Waals surface area contributed by atoms with Crippen LogP contribution in [0.1, 0.15) is 23.4 Å². The van der Waals surface area contributed by atoms with Crippen LogP contribution in [-0.2, 0) is 17.6 Å². The lowest BCUT2D eigenvalue weighted by atomic mass is 10.0. The topological polar surface area (TPSA) is 78.5 Å². The summed E-state index contributed by atoms with van der Waals surface area (Å²) in [5, 5.41) is 9.71. The molecule has 32 heavy (non-hydrogen) atoms. The highest BCUT2D eigenvalue weighted by Crippen LogP contribution is 2.19. The minimum Gasteiger partial charge on any atom is -0.299 e. The number of hydrogen-bond acceptors (Lipinski definition) is 5. The Morgan fingerprint density at radius 1 is 0.938 bits per heavy atom. The lowest BCUT2D eigenvalue weighted by Gasteiger charge is -2.06. The van der Waals surface area contributed by atoms with Crippen LogP contribution in [0.5, 0.6) is 0 Å². The van der Waals surface area contributed by atoms with Crippen molar-refractivity contribution in [2.45, 2.75) is 26.2 Å². The van der Waals surface area contributed by atoms with Gasteiger partial charge < -0.3 is 0 Å². The molecule has 0 aliphatic carbocycles. The van der Waals surface area contributed by atoms with Gasteiger partial charge in [0.15, 0.2) is 0 Å². The predicted molar refractivity (Wildman–Crippen MR) is 122 cm³/mol. The summed E-state index contributed by atoms with van der Waals surface area (Å²) in [5.74, 6) is 0.165. The van der Waals surface area contributed by atoms with Gasteiger partial charge in [0.05, 0.1) is 29.3 Å². The number of Topliss-reactive ketones (excluding diaryl/α,β-unsaturated/α-hetero) is 1. The Morgan fingerprint density at radius 3 is 2.72 bits per heavy atom. The van der Waals surface area contributed by atoms with Crippen LogP contribution in [0.25, 0.3) is 22.3 Å². The van der Waals surface area contributed by atoms with Crippen molar-refractivity contribution in [3.05, 3.63) is 96.5 Å². The Morgan fingerprint density at radius 2 is 1.88 bits per heavy atom. The number of aryl methyl sites for hydroxylation is 2. The summed E-state index contributed by atoms with van der Waals surface area (Å²) in [6, 6.07) is 15.8. The molecule has 0 aliphatic rings. The molecule has 0 unspecified atom stereocenters. The molecule has 1 aromatic carbocycles. The number of carbonyl (C=O) groups is 1. The van der Waals surface area contributed by atoms with E-state index in [0.29, 0.717) is 19.3 Å². The van der Waals surface area contributed by atoms with Crippen LogP contribution < -0.4 is 0 Å². The minimum absolute atomic E-state index is 0.165. The lowest BCUT2D eigenvalue weighted by molar-refractivity contribution is -0.118. The van der Waals surface area contributed by atoms with E-state index in [9.17, 15) is 4.79 Å². The molecule has 0 amide bonds. The highest BCUT2D eigenvalue weighted by molar-refractivity contribution is 5.84. The quantitative estimate of drug-likeness (QED) is 0.395. The van der Waals surface area contributed by atoms with Gasteiger partial charge in [0.2, 0.25) is 0 Å². The molecule has 4 aromatic heterocycles. The van der Waals surface area contributed by atoms with E-state index < -0.39 is 0 Å². The summed E-state index contributed by atoms with van der Waals surface area (Å²) in [6.45, 7) is 1.95. The first-order valence-electron chi connectivity index (χ1n) is 10.5. The maximum Gasteiger partial charge on any atom is 0.139 e. The zero-order valence-electron chi connectivity index (χ0n) is 17.7. The summed E-state index contributed by atoms with van der Waals surface area (Å²) >= 11 is 0. The molecule has 0 N–H and O–H groups in total. The van der Waals surface area contributed by atoms with Crippen LogP contribution in [0, 0.1) is 6.92 Å². The summed E-state index contributed by atoms with van der Waals surface area (Å²) in [4.78, 5) is 21.4. The van der Waals surface area contributed by atoms with Crippen LogP contribution in [0.4, 0.5) is 0 Å². The number of benzene rings is 1. The van der Waals surface area contributed by atoms with E-state index in [2.05, 4.69) is 26.2 Å². The van der Waals surface area contributed by atoms with Gasteiger partial charge in [0, 0.05) is 48.2 Å². The van der Waals surface area contributed by atoms with Crippen LogP contribution in [0.2, 0.25) is 0 Å². The van der Waals surface area contributed by atoms with E-state index in [-0.39, 0.29) is 5.78 Å². The molecule has 7 heteroatoms. The van der Waals surface area contributed by atoms with Crippen molar-refractivity contribution in [2.75, 3.05) is 0 Å². The van der Waals surface area contributed by atoms with Gasteiger partial charge in [0.25, 0.3) is 0 Å². The summed E-state index contributed by atoms with van der Waals surface area (Å²) in [7, 11) is 0. The third-order valence-electron chi connectivity index (χ3n) is 5.39. The largest absolute Gasteiger partial charge is 0.299 e. The highest BCUT2D eigenvalue weighted by Gasteiger charge is 2.10. The van der Waals surface area contributed by atoms with Crippen molar-refractivity contribution in [3.63, 3.8) is 0 Å². The van der Waals surface area contributed by atoms with Crippen LogP contribution >= 0.6 is 0 Å². The Balaban J connectivity index is 1.26. The molecule has 0 radical (unpaired) electrons. The van der Waals surface area contributed by atoms with Crippen molar-refractivity contribution in [2.24, 2.45) is 0 Å². The molecular formula is C25H22N6O. The Hall–Kier alpha value is -4.13. The number of rotatable bonds is 7. The molecule has 5 aromatic rings. The van der Waals surface area contributed by atoms with Crippen LogP contribution in [0.3, 0.4) is 0 Å². The first-order valence-corrected chi connectivity index (χ1v) is 10.5. The van der Waals surface area contributed by atoms with Gasteiger partial charge in [-0.25, -0.2) is 9.36 Å². The van der Waals surface area contributed by atoms with E-state index in [0.717, 1.165) is 39.2 Å². The molecule has 4 heterocycles. The van der Waals surface area contributed by atoms with Gasteiger partial charge in [-0.1, -0.05) is 12.1 Å². The zero-order valence-corrected chi connectivity index (χ0v) is 17.7. The van der Waals surface area contributed by atoms with E-state index >= 15 is 0 Å². The number of nitrogens with zero attached hydrogens (tertiary/aromatic N) is 6. The fourth-order valence-corrected chi connectivity index (χ4v) is 3.79. The van der Waals surface area contributed by atoms with Gasteiger partial charge in [-0.05, 0) is 55.3 Å². The standard InChI is InChI=1S/C25H22N6O/c1-18-12-23(8-10-26-18)31-25-17-27-21(14-20(25)16-29-31)15-24(32)7-6-19-4-2-5-22(13-19)30-11-3-9-28-30/h2-5,8-14,16-17H,6-7,15H2,1H3. The molecule has 158 valence electrons. The summed E-state index contributed by atoms with van der Waals surface area (Å²) < 4.78 is 3.66. The number of pyridine rings is 2. The smallest absolute Gasteiger partial charge is 0.139 e. The van der Waals surface area contributed by atoms with Crippen molar-refractivity contribution in [1.82, 2.24) is 29.5 Å². The molecule has 5 rings (SSSR count).